The SMILES string of the molecule is CCOC(=O)c1ccc(N)c(NC2CCCC(C)CC2)c1. The van der Waals surface area contributed by atoms with Crippen LogP contribution in [0.25, 0.3) is 0 Å². The average molecular weight is 290 g/mol. The molecule has 1 saturated carbocycles. The number of rotatable bonds is 4. The number of anilines is 2. The van der Waals surface area contributed by atoms with Crippen LogP contribution < -0.4 is 11.1 Å². The lowest BCUT2D eigenvalue weighted by Gasteiger charge is -2.19. The van der Waals surface area contributed by atoms with Crippen LogP contribution in [0.3, 0.4) is 0 Å². The van der Waals surface area contributed by atoms with E-state index in [2.05, 4.69) is 12.2 Å². The van der Waals surface area contributed by atoms with Crippen LogP contribution in [-0.4, -0.2) is 18.6 Å². The molecule has 1 aliphatic carbocycles. The number of nitrogens with one attached hydrogen (secondary N) is 1. The van der Waals surface area contributed by atoms with Crippen LogP contribution in [0.1, 0.15) is 56.3 Å². The molecule has 0 bridgehead atoms. The van der Waals surface area contributed by atoms with Gasteiger partial charge in [-0.2, -0.15) is 0 Å². The number of benzene rings is 1. The number of esters is 1. The molecular weight excluding hydrogens is 264 g/mol. The molecule has 0 radical (unpaired) electrons. The molecule has 0 heterocycles. The lowest BCUT2D eigenvalue weighted by Crippen LogP contribution is -2.19. The van der Waals surface area contributed by atoms with Crippen molar-refractivity contribution in [2.24, 2.45) is 5.92 Å². The van der Waals surface area contributed by atoms with Crippen LogP contribution in [0, 0.1) is 5.92 Å². The molecule has 0 saturated heterocycles. The summed E-state index contributed by atoms with van der Waals surface area (Å²) in [5, 5.41) is 3.51. The zero-order valence-electron chi connectivity index (χ0n) is 13.0. The van der Waals surface area contributed by atoms with Gasteiger partial charge in [0, 0.05) is 6.04 Å². The highest BCUT2D eigenvalue weighted by Crippen LogP contribution is 2.28. The third-order valence-electron chi connectivity index (χ3n) is 4.18. The maximum atomic E-state index is 11.8. The van der Waals surface area contributed by atoms with E-state index in [1.165, 1.54) is 19.3 Å². The normalized spacial score (nSPS) is 22.4. The Bertz CT molecular complexity index is 488. The van der Waals surface area contributed by atoms with Gasteiger partial charge in [0.2, 0.25) is 0 Å². The van der Waals surface area contributed by atoms with Crippen molar-refractivity contribution in [1.82, 2.24) is 0 Å². The summed E-state index contributed by atoms with van der Waals surface area (Å²) in [5.74, 6) is 0.509. The summed E-state index contributed by atoms with van der Waals surface area (Å²) in [6, 6.07) is 5.73. The monoisotopic (exact) mass is 290 g/mol. The molecule has 4 heteroatoms. The largest absolute Gasteiger partial charge is 0.462 e. The fourth-order valence-corrected chi connectivity index (χ4v) is 2.87. The van der Waals surface area contributed by atoms with Crippen molar-refractivity contribution in [2.75, 3.05) is 17.7 Å². The Labute approximate surface area is 127 Å². The zero-order valence-corrected chi connectivity index (χ0v) is 13.0. The summed E-state index contributed by atoms with van der Waals surface area (Å²) >= 11 is 0. The predicted octanol–water partition coefficient (Wildman–Crippen LogP) is 3.83. The molecule has 21 heavy (non-hydrogen) atoms. The number of nitrogen functional groups attached to an aromatic ring is 1. The van der Waals surface area contributed by atoms with Crippen molar-refractivity contribution < 1.29 is 9.53 Å². The molecule has 1 aromatic rings. The molecule has 1 aliphatic rings. The smallest absolute Gasteiger partial charge is 0.338 e. The standard InChI is InChI=1S/C17H26N2O2/c1-3-21-17(20)13-8-10-15(18)16(11-13)19-14-6-4-5-12(2)7-9-14/h8,10-12,14,19H,3-7,9,18H2,1-2H3. The van der Waals surface area contributed by atoms with E-state index in [1.807, 2.05) is 6.07 Å². The third-order valence-corrected chi connectivity index (χ3v) is 4.18. The lowest BCUT2D eigenvalue weighted by atomic mass is 10.0. The number of ether oxygens (including phenoxy) is 1. The molecular formula is C17H26N2O2. The van der Waals surface area contributed by atoms with Gasteiger partial charge in [0.1, 0.15) is 0 Å². The van der Waals surface area contributed by atoms with Gasteiger partial charge in [-0.05, 0) is 50.3 Å². The number of carbonyl (C=O) groups is 1. The van der Waals surface area contributed by atoms with Crippen LogP contribution in [0.4, 0.5) is 11.4 Å². The van der Waals surface area contributed by atoms with Crippen LogP contribution in [-0.2, 0) is 4.74 Å². The molecule has 1 fully saturated rings. The molecule has 0 amide bonds. The second kappa shape index (κ2) is 7.34. The van der Waals surface area contributed by atoms with E-state index in [4.69, 9.17) is 10.5 Å². The number of nitrogens with two attached hydrogens (primary N) is 1. The molecule has 0 spiro atoms. The fraction of sp³-hybridized carbons (Fsp3) is 0.588. The van der Waals surface area contributed by atoms with Gasteiger partial charge in [0.15, 0.2) is 0 Å². The van der Waals surface area contributed by atoms with Gasteiger partial charge >= 0.3 is 5.97 Å². The van der Waals surface area contributed by atoms with Crippen molar-refractivity contribution in [3.63, 3.8) is 0 Å². The van der Waals surface area contributed by atoms with E-state index in [9.17, 15) is 4.79 Å². The Kier molecular flexibility index (Phi) is 5.48. The Hall–Kier alpha value is -1.71. The van der Waals surface area contributed by atoms with Crippen LogP contribution in [0.2, 0.25) is 0 Å². The first-order chi connectivity index (χ1) is 10.1. The Balaban J connectivity index is 2.08. The zero-order chi connectivity index (χ0) is 15.2. The molecule has 3 N–H and O–H groups in total. The van der Waals surface area contributed by atoms with Crippen molar-refractivity contribution >= 4 is 17.3 Å². The summed E-state index contributed by atoms with van der Waals surface area (Å²) in [5.41, 5.74) is 8.11. The lowest BCUT2D eigenvalue weighted by molar-refractivity contribution is 0.0526. The van der Waals surface area contributed by atoms with Crippen molar-refractivity contribution in [2.45, 2.75) is 52.0 Å². The first-order valence-corrected chi connectivity index (χ1v) is 7.93. The van der Waals surface area contributed by atoms with E-state index in [-0.39, 0.29) is 5.97 Å². The van der Waals surface area contributed by atoms with E-state index in [1.54, 1.807) is 19.1 Å². The Morgan fingerprint density at radius 1 is 1.33 bits per heavy atom. The second-order valence-electron chi connectivity index (χ2n) is 5.98. The molecule has 1 aromatic carbocycles. The summed E-state index contributed by atoms with van der Waals surface area (Å²) in [4.78, 5) is 11.8. The van der Waals surface area contributed by atoms with Gasteiger partial charge < -0.3 is 15.8 Å². The van der Waals surface area contributed by atoms with Crippen LogP contribution in [0.15, 0.2) is 18.2 Å². The van der Waals surface area contributed by atoms with Gasteiger partial charge in [-0.25, -0.2) is 4.79 Å². The maximum Gasteiger partial charge on any atom is 0.338 e. The van der Waals surface area contributed by atoms with Gasteiger partial charge in [-0.1, -0.05) is 19.8 Å². The second-order valence-corrected chi connectivity index (χ2v) is 5.98. The molecule has 0 aromatic heterocycles. The Morgan fingerprint density at radius 2 is 2.14 bits per heavy atom. The minimum Gasteiger partial charge on any atom is -0.462 e. The van der Waals surface area contributed by atoms with E-state index < -0.39 is 0 Å². The Morgan fingerprint density at radius 3 is 2.90 bits per heavy atom. The van der Waals surface area contributed by atoms with E-state index >= 15 is 0 Å². The quantitative estimate of drug-likeness (QED) is 0.502. The molecule has 2 rings (SSSR count). The highest BCUT2D eigenvalue weighted by Gasteiger charge is 2.17. The highest BCUT2D eigenvalue weighted by atomic mass is 16.5. The van der Waals surface area contributed by atoms with Gasteiger partial charge in [0.05, 0.1) is 23.5 Å². The van der Waals surface area contributed by atoms with Crippen LogP contribution in [0.5, 0.6) is 0 Å². The van der Waals surface area contributed by atoms with Crippen molar-refractivity contribution in [1.29, 1.82) is 0 Å². The van der Waals surface area contributed by atoms with E-state index in [0.717, 1.165) is 24.4 Å². The van der Waals surface area contributed by atoms with Crippen molar-refractivity contribution in [3.05, 3.63) is 23.8 Å². The maximum absolute atomic E-state index is 11.8. The first-order valence-electron chi connectivity index (χ1n) is 7.93. The molecule has 2 unspecified atom stereocenters. The van der Waals surface area contributed by atoms with Gasteiger partial charge in [-0.15, -0.1) is 0 Å². The van der Waals surface area contributed by atoms with Gasteiger partial charge in [0.25, 0.3) is 0 Å². The predicted molar refractivity (Wildman–Crippen MR) is 86.5 cm³/mol. The summed E-state index contributed by atoms with van der Waals surface area (Å²) in [6.07, 6.45) is 6.11. The summed E-state index contributed by atoms with van der Waals surface area (Å²) in [7, 11) is 0. The molecule has 0 aliphatic heterocycles. The summed E-state index contributed by atoms with van der Waals surface area (Å²) < 4.78 is 5.04. The van der Waals surface area contributed by atoms with Crippen LogP contribution >= 0.6 is 0 Å². The number of carbonyl (C=O) groups excluding carboxylic acids is 1. The minimum absolute atomic E-state index is 0.296. The van der Waals surface area contributed by atoms with E-state index in [0.29, 0.717) is 23.9 Å². The van der Waals surface area contributed by atoms with Crippen molar-refractivity contribution in [3.8, 4) is 0 Å². The summed E-state index contributed by atoms with van der Waals surface area (Å²) in [6.45, 7) is 4.51. The topological polar surface area (TPSA) is 64.3 Å². The average Bonchev–Trinajstić information content (AvgIpc) is 2.66. The third kappa shape index (κ3) is 4.38. The highest BCUT2D eigenvalue weighted by molar-refractivity contribution is 5.92. The minimum atomic E-state index is -0.296. The number of hydrogen-bond donors (Lipinski definition) is 2. The first kappa shape index (κ1) is 15.7. The van der Waals surface area contributed by atoms with Gasteiger partial charge in [-0.3, -0.25) is 0 Å². The number of hydrogen-bond acceptors (Lipinski definition) is 4. The fourth-order valence-electron chi connectivity index (χ4n) is 2.87. The molecule has 2 atom stereocenters. The molecule has 116 valence electrons. The molecule has 4 nitrogen and oxygen atoms in total.